The molecule has 0 radical (unpaired) electrons. The van der Waals surface area contributed by atoms with Crippen LogP contribution in [-0.4, -0.2) is 88.8 Å². The minimum absolute atomic E-state index is 0.0751. The summed E-state index contributed by atoms with van der Waals surface area (Å²) >= 11 is 0. The number of carbonyl (C=O) groups is 3. The lowest BCUT2D eigenvalue weighted by Gasteiger charge is -2.47. The van der Waals surface area contributed by atoms with Gasteiger partial charge in [-0.1, -0.05) is 73.9 Å². The summed E-state index contributed by atoms with van der Waals surface area (Å²) in [6.07, 6.45) is 6.22. The highest BCUT2D eigenvalue weighted by Gasteiger charge is 2.54. The predicted octanol–water partition coefficient (Wildman–Crippen LogP) is 3.48. The zero-order chi connectivity index (χ0) is 35.4. The molecule has 10 nitrogen and oxygen atoms in total. The van der Waals surface area contributed by atoms with Crippen LogP contribution >= 0.6 is 0 Å². The fraction of sp³-hybridized carbons (Fsp3) is 0.475. The molecule has 3 amide bonds. The average Bonchev–Trinajstić information content (AvgIpc) is 3.41. The van der Waals surface area contributed by atoms with Crippen molar-refractivity contribution in [3.63, 3.8) is 0 Å². The molecule has 2 saturated heterocycles. The molecule has 0 bridgehead atoms. The second kappa shape index (κ2) is 15.5. The number of likely N-dealkylation sites (tertiary alicyclic amines) is 1. The van der Waals surface area contributed by atoms with E-state index in [-0.39, 0.29) is 42.5 Å². The second-order valence-corrected chi connectivity index (χ2v) is 14.7. The first-order chi connectivity index (χ1) is 24.8. The minimum atomic E-state index is -0.915. The highest BCUT2D eigenvalue weighted by molar-refractivity contribution is 5.90. The van der Waals surface area contributed by atoms with Gasteiger partial charge in [-0.3, -0.25) is 14.4 Å². The Morgan fingerprint density at radius 3 is 2.31 bits per heavy atom. The van der Waals surface area contributed by atoms with E-state index in [4.69, 9.17) is 0 Å². The molecule has 3 atom stereocenters. The summed E-state index contributed by atoms with van der Waals surface area (Å²) in [4.78, 5) is 47.0. The van der Waals surface area contributed by atoms with Gasteiger partial charge >= 0.3 is 0 Å². The number of amides is 3. The number of hydrogen-bond donors (Lipinski definition) is 4. The standard InChI is InChI=1S/C40H49FN6O4/c41-31-17-15-28(16-18-31)23-35(44-37(49)34-24-29-9-7-8-10-30(29)25-42-34)38(50)45-21-19-40(20-22-45)39(51)46(27-47(40)33-13-5-2-6-14-33)26-36(48)43-32-11-3-1-4-12-32/h2,5-10,13-18,32,34-35,39,42,51H,1,3-4,11-12,19-27H2,(H,43,48)(H,44,49). The van der Waals surface area contributed by atoms with Crippen LogP contribution in [0.4, 0.5) is 10.1 Å². The summed E-state index contributed by atoms with van der Waals surface area (Å²) in [5.41, 5.74) is 3.25. The van der Waals surface area contributed by atoms with E-state index >= 15 is 0 Å². The molecule has 3 aliphatic heterocycles. The lowest BCUT2D eigenvalue weighted by Crippen LogP contribution is -2.62. The van der Waals surface area contributed by atoms with Crippen molar-refractivity contribution in [2.45, 2.75) is 94.2 Å². The summed E-state index contributed by atoms with van der Waals surface area (Å²) in [6, 6.07) is 22.8. The molecular weight excluding hydrogens is 647 g/mol. The zero-order valence-corrected chi connectivity index (χ0v) is 29.1. The number of aliphatic hydroxyl groups excluding tert-OH is 1. The molecular formula is C40H49FN6O4. The molecule has 4 aliphatic rings. The van der Waals surface area contributed by atoms with Gasteiger partial charge in [-0.05, 0) is 73.1 Å². The Hall–Kier alpha value is -4.32. The number of carbonyl (C=O) groups excluding carboxylic acids is 3. The van der Waals surface area contributed by atoms with Gasteiger partial charge in [0, 0.05) is 37.8 Å². The Kier molecular flexibility index (Phi) is 10.7. The van der Waals surface area contributed by atoms with Crippen LogP contribution in [0.2, 0.25) is 0 Å². The molecule has 3 aromatic carbocycles. The third-order valence-electron chi connectivity index (χ3n) is 11.4. The summed E-state index contributed by atoms with van der Waals surface area (Å²) in [6.45, 7) is 1.78. The second-order valence-electron chi connectivity index (χ2n) is 14.7. The summed E-state index contributed by atoms with van der Waals surface area (Å²) in [5.74, 6) is -0.895. The fourth-order valence-corrected chi connectivity index (χ4v) is 8.50. The number of aliphatic hydroxyl groups is 1. The van der Waals surface area contributed by atoms with Crippen LogP contribution in [0.1, 0.15) is 61.6 Å². The summed E-state index contributed by atoms with van der Waals surface area (Å²) < 4.78 is 13.8. The van der Waals surface area contributed by atoms with Crippen LogP contribution in [0.3, 0.4) is 0 Å². The number of nitrogens with zero attached hydrogens (tertiary/aromatic N) is 3. The molecule has 4 N–H and O–H groups in total. The zero-order valence-electron chi connectivity index (χ0n) is 29.1. The van der Waals surface area contributed by atoms with Crippen molar-refractivity contribution in [3.8, 4) is 0 Å². The van der Waals surface area contributed by atoms with Crippen molar-refractivity contribution in [1.29, 1.82) is 0 Å². The fourth-order valence-electron chi connectivity index (χ4n) is 8.50. The van der Waals surface area contributed by atoms with Gasteiger partial charge in [0.1, 0.15) is 18.1 Å². The smallest absolute Gasteiger partial charge is 0.245 e. The van der Waals surface area contributed by atoms with Crippen molar-refractivity contribution >= 4 is 23.4 Å². The number of para-hydroxylation sites is 1. The van der Waals surface area contributed by atoms with Crippen LogP contribution in [0.25, 0.3) is 0 Å². The van der Waals surface area contributed by atoms with Gasteiger partial charge in [-0.15, -0.1) is 0 Å². The van der Waals surface area contributed by atoms with Crippen LogP contribution in [0, 0.1) is 5.82 Å². The first-order valence-electron chi connectivity index (χ1n) is 18.5. The maximum absolute atomic E-state index is 14.3. The van der Waals surface area contributed by atoms with Crippen molar-refractivity contribution in [2.24, 2.45) is 0 Å². The maximum Gasteiger partial charge on any atom is 0.245 e. The molecule has 3 unspecified atom stereocenters. The van der Waals surface area contributed by atoms with Gasteiger partial charge in [0.25, 0.3) is 0 Å². The molecule has 7 rings (SSSR count). The van der Waals surface area contributed by atoms with E-state index in [2.05, 4.69) is 20.9 Å². The summed E-state index contributed by atoms with van der Waals surface area (Å²) in [5, 5.41) is 21.5. The van der Waals surface area contributed by atoms with Gasteiger partial charge < -0.3 is 30.9 Å². The van der Waals surface area contributed by atoms with E-state index < -0.39 is 23.9 Å². The number of anilines is 1. The van der Waals surface area contributed by atoms with Gasteiger partial charge in [-0.25, -0.2) is 9.29 Å². The molecule has 51 heavy (non-hydrogen) atoms. The number of fused-ring (bicyclic) bond motifs is 1. The molecule has 270 valence electrons. The molecule has 3 heterocycles. The largest absolute Gasteiger partial charge is 0.376 e. The molecule has 0 aromatic heterocycles. The normalized spacial score (nSPS) is 22.7. The van der Waals surface area contributed by atoms with E-state index in [0.29, 0.717) is 45.6 Å². The van der Waals surface area contributed by atoms with Crippen molar-refractivity contribution in [1.82, 2.24) is 25.8 Å². The SMILES string of the molecule is O=C(CN1CN(c2ccccc2)C2(CCN(C(=O)C(Cc3ccc(F)cc3)NC(=O)C3Cc4ccccc4CN3)CC2)C1O)NC1CCCCC1. The topological polar surface area (TPSA) is 117 Å². The average molecular weight is 697 g/mol. The van der Waals surface area contributed by atoms with Crippen LogP contribution in [0.5, 0.6) is 0 Å². The monoisotopic (exact) mass is 696 g/mol. The Balaban J connectivity index is 1.06. The van der Waals surface area contributed by atoms with Crippen LogP contribution < -0.4 is 20.9 Å². The number of rotatable bonds is 9. The van der Waals surface area contributed by atoms with Gasteiger partial charge in [0.15, 0.2) is 0 Å². The minimum Gasteiger partial charge on any atom is -0.376 e. The van der Waals surface area contributed by atoms with Gasteiger partial charge in [0.05, 0.1) is 24.8 Å². The lowest BCUT2D eigenvalue weighted by atomic mass is 9.84. The Morgan fingerprint density at radius 2 is 1.59 bits per heavy atom. The molecule has 11 heteroatoms. The third-order valence-corrected chi connectivity index (χ3v) is 11.4. The molecule has 1 aliphatic carbocycles. The first-order valence-corrected chi connectivity index (χ1v) is 18.5. The van der Waals surface area contributed by atoms with Gasteiger partial charge in [-0.2, -0.15) is 0 Å². The number of piperidine rings is 1. The molecule has 3 fully saturated rings. The Morgan fingerprint density at radius 1 is 0.902 bits per heavy atom. The molecule has 3 aromatic rings. The molecule has 1 spiro atoms. The quantitative estimate of drug-likeness (QED) is 0.271. The van der Waals surface area contributed by atoms with Crippen LogP contribution in [0.15, 0.2) is 78.9 Å². The van der Waals surface area contributed by atoms with Gasteiger partial charge in [0.2, 0.25) is 17.7 Å². The van der Waals surface area contributed by atoms with E-state index in [0.717, 1.165) is 48.1 Å². The first kappa shape index (κ1) is 35.1. The Bertz CT molecular complexity index is 1680. The Labute approximate surface area is 299 Å². The number of benzene rings is 3. The highest BCUT2D eigenvalue weighted by atomic mass is 19.1. The van der Waals surface area contributed by atoms with Crippen LogP contribution in [-0.2, 0) is 33.8 Å². The van der Waals surface area contributed by atoms with Crippen molar-refractivity contribution < 1.29 is 23.9 Å². The van der Waals surface area contributed by atoms with E-state index in [9.17, 15) is 23.9 Å². The van der Waals surface area contributed by atoms with E-state index in [1.807, 2.05) is 59.5 Å². The van der Waals surface area contributed by atoms with E-state index in [1.54, 1.807) is 17.0 Å². The number of hydrogen-bond acceptors (Lipinski definition) is 7. The predicted molar refractivity (Wildman–Crippen MR) is 193 cm³/mol. The highest BCUT2D eigenvalue weighted by Crippen LogP contribution is 2.42. The van der Waals surface area contributed by atoms with Crippen molar-refractivity contribution in [3.05, 3.63) is 101 Å². The summed E-state index contributed by atoms with van der Waals surface area (Å²) in [7, 11) is 0. The van der Waals surface area contributed by atoms with Crippen molar-refractivity contribution in [2.75, 3.05) is 31.2 Å². The third kappa shape index (κ3) is 7.80. The van der Waals surface area contributed by atoms with E-state index in [1.165, 1.54) is 18.6 Å². The lowest BCUT2D eigenvalue weighted by molar-refractivity contribution is -0.139. The molecule has 1 saturated carbocycles. The number of halogens is 1. The maximum atomic E-state index is 14.3. The number of nitrogens with one attached hydrogen (secondary N) is 3.